The maximum absolute atomic E-state index is 12.5. The summed E-state index contributed by atoms with van der Waals surface area (Å²) in [6.07, 6.45) is 0.690. The predicted octanol–water partition coefficient (Wildman–Crippen LogP) is 4.67. The summed E-state index contributed by atoms with van der Waals surface area (Å²) in [5.41, 5.74) is 6.92. The Hall–Kier alpha value is -4.06. The van der Waals surface area contributed by atoms with Gasteiger partial charge in [0.05, 0.1) is 27.8 Å². The van der Waals surface area contributed by atoms with Gasteiger partial charge in [-0.2, -0.15) is 0 Å². The van der Waals surface area contributed by atoms with E-state index in [2.05, 4.69) is 23.6 Å². The van der Waals surface area contributed by atoms with Gasteiger partial charge in [-0.25, -0.2) is 9.97 Å². The van der Waals surface area contributed by atoms with Gasteiger partial charge in [0, 0.05) is 18.5 Å². The van der Waals surface area contributed by atoms with Gasteiger partial charge >= 0.3 is 0 Å². The van der Waals surface area contributed by atoms with Crippen LogP contribution in [0.1, 0.15) is 22.3 Å². The number of anilines is 1. The van der Waals surface area contributed by atoms with E-state index in [9.17, 15) is 9.59 Å². The van der Waals surface area contributed by atoms with E-state index in [0.29, 0.717) is 30.8 Å². The first-order valence-corrected chi connectivity index (χ1v) is 10.7. The minimum absolute atomic E-state index is 0.425. The van der Waals surface area contributed by atoms with E-state index in [1.165, 1.54) is 0 Å². The third-order valence-corrected chi connectivity index (χ3v) is 6.21. The summed E-state index contributed by atoms with van der Waals surface area (Å²) in [5.74, 6) is -0.874. The number of hydrogen-bond donors (Lipinski definition) is 0. The predicted molar refractivity (Wildman–Crippen MR) is 125 cm³/mol. The van der Waals surface area contributed by atoms with Gasteiger partial charge in [-0.1, -0.05) is 42.5 Å². The molecular formula is C26H20N4O2. The maximum atomic E-state index is 12.5. The van der Waals surface area contributed by atoms with Crippen molar-refractivity contribution in [3.63, 3.8) is 0 Å². The van der Waals surface area contributed by atoms with E-state index in [0.717, 1.165) is 38.7 Å². The normalized spacial score (nSPS) is 13.6. The van der Waals surface area contributed by atoms with Gasteiger partial charge in [0.1, 0.15) is 5.52 Å². The zero-order valence-electron chi connectivity index (χ0n) is 17.6. The van der Waals surface area contributed by atoms with Crippen molar-refractivity contribution in [1.29, 1.82) is 0 Å². The van der Waals surface area contributed by atoms with Gasteiger partial charge in [-0.3, -0.25) is 9.59 Å². The summed E-state index contributed by atoms with van der Waals surface area (Å²) in [4.78, 5) is 36.3. The summed E-state index contributed by atoms with van der Waals surface area (Å²) in [7, 11) is 0. The topological polar surface area (TPSA) is 68.1 Å². The summed E-state index contributed by atoms with van der Waals surface area (Å²) in [5, 5.41) is 1.08. The highest BCUT2D eigenvalue weighted by atomic mass is 16.2. The van der Waals surface area contributed by atoms with Crippen molar-refractivity contribution in [2.24, 2.45) is 0 Å². The highest BCUT2D eigenvalue weighted by Gasteiger charge is 2.34. The van der Waals surface area contributed by atoms with Gasteiger partial charge < -0.3 is 9.47 Å². The summed E-state index contributed by atoms with van der Waals surface area (Å²) >= 11 is 0. The van der Waals surface area contributed by atoms with Gasteiger partial charge in [0.15, 0.2) is 5.65 Å². The van der Waals surface area contributed by atoms with Gasteiger partial charge in [-0.15, -0.1) is 0 Å². The van der Waals surface area contributed by atoms with E-state index in [1.54, 1.807) is 17.0 Å². The molecule has 1 aliphatic heterocycles. The SMILES string of the molecule is Cc1cccc2c3nc4ccccc4nc3n(CCCN3C(=O)C(=O)c4ccccc43)c12. The molecule has 0 saturated carbocycles. The molecule has 0 unspecified atom stereocenters. The third-order valence-electron chi connectivity index (χ3n) is 6.21. The van der Waals surface area contributed by atoms with Crippen LogP contribution in [-0.4, -0.2) is 32.8 Å². The number of aromatic nitrogens is 3. The highest BCUT2D eigenvalue weighted by Crippen LogP contribution is 2.32. The van der Waals surface area contributed by atoms with Crippen LogP contribution in [-0.2, 0) is 11.3 Å². The second kappa shape index (κ2) is 6.99. The zero-order chi connectivity index (χ0) is 21.8. The fraction of sp³-hybridized carbons (Fsp3) is 0.154. The first-order chi connectivity index (χ1) is 15.6. The minimum atomic E-state index is -0.449. The lowest BCUT2D eigenvalue weighted by Gasteiger charge is -2.17. The molecule has 5 aromatic rings. The number of nitrogens with zero attached hydrogens (tertiary/aromatic N) is 4. The number of hydrogen-bond acceptors (Lipinski definition) is 4. The average molecular weight is 420 g/mol. The number of carbonyl (C=O) groups is 2. The molecule has 0 bridgehead atoms. The highest BCUT2D eigenvalue weighted by molar-refractivity contribution is 6.52. The van der Waals surface area contributed by atoms with Crippen molar-refractivity contribution in [3.8, 4) is 0 Å². The first-order valence-electron chi connectivity index (χ1n) is 10.7. The monoisotopic (exact) mass is 420 g/mol. The average Bonchev–Trinajstić information content (AvgIpc) is 3.25. The molecule has 2 aromatic heterocycles. The Morgan fingerprint density at radius 2 is 1.56 bits per heavy atom. The Kier molecular flexibility index (Phi) is 4.08. The minimum Gasteiger partial charge on any atom is -0.324 e. The number of amides is 1. The van der Waals surface area contributed by atoms with Gasteiger partial charge in [-0.05, 0) is 43.2 Å². The number of fused-ring (bicyclic) bond motifs is 5. The van der Waals surface area contributed by atoms with E-state index in [1.807, 2.05) is 42.5 Å². The standard InChI is InChI=1S/C26H20N4O2/c1-16-8-6-10-18-22-25(28-20-12-4-3-11-19(20)27-22)30(23(16)18)15-7-14-29-21-13-5-2-9-17(21)24(31)26(29)32/h2-6,8-13H,7,14-15H2,1H3. The van der Waals surface area contributed by atoms with Crippen molar-refractivity contribution >= 4 is 50.5 Å². The Bertz CT molecular complexity index is 1570. The molecule has 6 rings (SSSR count). The number of rotatable bonds is 4. The molecule has 0 aliphatic carbocycles. The molecule has 1 aliphatic rings. The van der Waals surface area contributed by atoms with Crippen LogP contribution in [0.2, 0.25) is 0 Å². The maximum Gasteiger partial charge on any atom is 0.299 e. The second-order valence-electron chi connectivity index (χ2n) is 8.16. The van der Waals surface area contributed by atoms with Crippen LogP contribution in [0, 0.1) is 6.92 Å². The fourth-order valence-corrected chi connectivity index (χ4v) is 4.75. The lowest BCUT2D eigenvalue weighted by Crippen LogP contribution is -2.31. The van der Waals surface area contributed by atoms with Crippen LogP contribution < -0.4 is 4.90 Å². The number of carbonyl (C=O) groups excluding carboxylic acids is 2. The van der Waals surface area contributed by atoms with Gasteiger partial charge in [0.2, 0.25) is 0 Å². The van der Waals surface area contributed by atoms with Crippen molar-refractivity contribution in [2.75, 3.05) is 11.4 Å². The third kappa shape index (κ3) is 2.66. The van der Waals surface area contributed by atoms with Crippen LogP contribution in [0.15, 0.2) is 66.7 Å². The molecule has 1 amide bonds. The van der Waals surface area contributed by atoms with Gasteiger partial charge in [0.25, 0.3) is 11.7 Å². The fourth-order valence-electron chi connectivity index (χ4n) is 4.75. The molecular weight excluding hydrogens is 400 g/mol. The van der Waals surface area contributed by atoms with Crippen LogP contribution in [0.4, 0.5) is 5.69 Å². The molecule has 6 nitrogen and oxygen atoms in total. The first kappa shape index (κ1) is 18.7. The zero-order valence-corrected chi connectivity index (χ0v) is 17.6. The molecule has 0 fully saturated rings. The molecule has 0 spiro atoms. The van der Waals surface area contributed by atoms with Crippen molar-refractivity contribution in [2.45, 2.75) is 19.9 Å². The molecule has 0 radical (unpaired) electrons. The van der Waals surface area contributed by atoms with E-state index < -0.39 is 11.7 Å². The van der Waals surface area contributed by atoms with Crippen LogP contribution in [0.25, 0.3) is 33.1 Å². The molecule has 0 atom stereocenters. The molecule has 32 heavy (non-hydrogen) atoms. The Morgan fingerprint density at radius 3 is 2.41 bits per heavy atom. The second-order valence-corrected chi connectivity index (χ2v) is 8.16. The van der Waals surface area contributed by atoms with E-state index in [-0.39, 0.29) is 0 Å². The van der Waals surface area contributed by atoms with Crippen molar-refractivity contribution in [1.82, 2.24) is 14.5 Å². The Labute approximate surface area is 184 Å². The summed E-state index contributed by atoms with van der Waals surface area (Å²) < 4.78 is 2.20. The molecule has 3 heterocycles. The van der Waals surface area contributed by atoms with E-state index >= 15 is 0 Å². The number of benzene rings is 3. The number of ketones is 1. The molecule has 0 N–H and O–H groups in total. The number of aryl methyl sites for hydroxylation is 2. The lowest BCUT2D eigenvalue weighted by molar-refractivity contribution is -0.114. The van der Waals surface area contributed by atoms with Crippen LogP contribution in [0.5, 0.6) is 0 Å². The summed E-state index contributed by atoms with van der Waals surface area (Å²) in [6.45, 7) is 3.23. The largest absolute Gasteiger partial charge is 0.324 e. The van der Waals surface area contributed by atoms with Crippen LogP contribution >= 0.6 is 0 Å². The smallest absolute Gasteiger partial charge is 0.299 e. The van der Waals surface area contributed by atoms with Crippen LogP contribution in [0.3, 0.4) is 0 Å². The van der Waals surface area contributed by atoms with Crippen molar-refractivity contribution < 1.29 is 9.59 Å². The lowest BCUT2D eigenvalue weighted by atomic mass is 10.1. The van der Waals surface area contributed by atoms with E-state index in [4.69, 9.17) is 9.97 Å². The molecule has 3 aromatic carbocycles. The Balaban J connectivity index is 1.40. The number of Topliss-reactive ketones (excluding diaryl/α,β-unsaturated/α-hetero) is 1. The molecule has 0 saturated heterocycles. The quantitative estimate of drug-likeness (QED) is 0.397. The number of para-hydroxylation sites is 4. The molecule has 156 valence electrons. The Morgan fingerprint density at radius 1 is 0.812 bits per heavy atom. The van der Waals surface area contributed by atoms with Crippen molar-refractivity contribution in [3.05, 3.63) is 77.9 Å². The summed E-state index contributed by atoms with van der Waals surface area (Å²) in [6, 6.07) is 21.3. The molecule has 6 heteroatoms.